The van der Waals surface area contributed by atoms with E-state index in [1.807, 2.05) is 0 Å². The van der Waals surface area contributed by atoms with Crippen LogP contribution in [0.1, 0.15) is 19.4 Å². The summed E-state index contributed by atoms with van der Waals surface area (Å²) in [5, 5.41) is 3.49. The molecule has 1 aromatic rings. The predicted molar refractivity (Wildman–Crippen MR) is 87.9 cm³/mol. The summed E-state index contributed by atoms with van der Waals surface area (Å²) >= 11 is 3.56. The molecule has 0 atom stereocenters. The molecule has 0 unspecified atom stereocenters. The fourth-order valence-electron chi connectivity index (χ4n) is 1.85. The van der Waals surface area contributed by atoms with Gasteiger partial charge >= 0.3 is 0 Å². The third kappa shape index (κ3) is 5.93. The third-order valence-corrected chi connectivity index (χ3v) is 3.53. The van der Waals surface area contributed by atoms with Gasteiger partial charge < -0.3 is 15.1 Å². The van der Waals surface area contributed by atoms with Gasteiger partial charge in [-0.2, -0.15) is 0 Å². The Morgan fingerprint density at radius 2 is 1.84 bits per heavy atom. The van der Waals surface area contributed by atoms with E-state index in [1.165, 1.54) is 11.3 Å². The molecule has 0 bridgehead atoms. The fourth-order valence-corrected chi connectivity index (χ4v) is 2.26. The minimum Gasteiger partial charge on any atom is -0.373 e. The quantitative estimate of drug-likeness (QED) is 0.830. The Kier molecular flexibility index (Phi) is 6.83. The van der Waals surface area contributed by atoms with Crippen LogP contribution in [0.15, 0.2) is 22.7 Å². The van der Waals surface area contributed by atoms with Gasteiger partial charge in [-0.3, -0.25) is 0 Å². The molecule has 0 amide bonds. The van der Waals surface area contributed by atoms with Crippen molar-refractivity contribution in [3.8, 4) is 0 Å². The summed E-state index contributed by atoms with van der Waals surface area (Å²) in [6.45, 7) is 7.34. The van der Waals surface area contributed by atoms with Crippen molar-refractivity contribution in [1.29, 1.82) is 0 Å². The van der Waals surface area contributed by atoms with E-state index in [1.54, 1.807) is 0 Å². The lowest BCUT2D eigenvalue weighted by molar-refractivity contribution is 0.416. The molecule has 0 heterocycles. The van der Waals surface area contributed by atoms with Crippen LogP contribution in [-0.2, 0) is 6.54 Å². The molecule has 19 heavy (non-hydrogen) atoms. The van der Waals surface area contributed by atoms with E-state index >= 15 is 0 Å². The monoisotopic (exact) mass is 327 g/mol. The zero-order chi connectivity index (χ0) is 14.4. The van der Waals surface area contributed by atoms with E-state index in [0.29, 0.717) is 6.04 Å². The zero-order valence-corrected chi connectivity index (χ0v) is 14.3. The van der Waals surface area contributed by atoms with Crippen LogP contribution >= 0.6 is 15.9 Å². The SMILES string of the molecule is CC(C)NCc1cc(Br)ccc1N(C)CCN(C)C. The summed E-state index contributed by atoms with van der Waals surface area (Å²) in [5.41, 5.74) is 2.64. The van der Waals surface area contributed by atoms with Crippen LogP contribution in [-0.4, -0.2) is 45.2 Å². The van der Waals surface area contributed by atoms with Gasteiger partial charge in [0.25, 0.3) is 0 Å². The van der Waals surface area contributed by atoms with Crippen LogP contribution in [0.3, 0.4) is 0 Å². The molecular formula is C15H26BrN3. The van der Waals surface area contributed by atoms with Crippen LogP contribution in [0, 0.1) is 0 Å². The van der Waals surface area contributed by atoms with E-state index in [2.05, 4.69) is 84.2 Å². The molecule has 0 saturated heterocycles. The molecule has 3 nitrogen and oxygen atoms in total. The van der Waals surface area contributed by atoms with Crippen molar-refractivity contribution in [1.82, 2.24) is 10.2 Å². The topological polar surface area (TPSA) is 18.5 Å². The summed E-state index contributed by atoms with van der Waals surface area (Å²) in [6.07, 6.45) is 0. The minimum atomic E-state index is 0.499. The Morgan fingerprint density at radius 3 is 2.42 bits per heavy atom. The normalized spacial score (nSPS) is 11.4. The van der Waals surface area contributed by atoms with Crippen molar-refractivity contribution in [3.05, 3.63) is 28.2 Å². The average molecular weight is 328 g/mol. The van der Waals surface area contributed by atoms with Crippen LogP contribution in [0.2, 0.25) is 0 Å². The van der Waals surface area contributed by atoms with Crippen molar-refractivity contribution in [3.63, 3.8) is 0 Å². The van der Waals surface area contributed by atoms with Gasteiger partial charge in [0.05, 0.1) is 0 Å². The molecule has 4 heteroatoms. The number of nitrogens with zero attached hydrogens (tertiary/aromatic N) is 2. The molecule has 0 aliphatic carbocycles. The fraction of sp³-hybridized carbons (Fsp3) is 0.600. The van der Waals surface area contributed by atoms with E-state index in [9.17, 15) is 0 Å². The summed E-state index contributed by atoms with van der Waals surface area (Å²) in [6, 6.07) is 7.01. The number of hydrogen-bond acceptors (Lipinski definition) is 3. The number of anilines is 1. The number of benzene rings is 1. The maximum absolute atomic E-state index is 3.56. The van der Waals surface area contributed by atoms with Gasteiger partial charge in [0.15, 0.2) is 0 Å². The van der Waals surface area contributed by atoms with Crippen LogP contribution in [0.5, 0.6) is 0 Å². The van der Waals surface area contributed by atoms with Crippen molar-refractivity contribution in [2.75, 3.05) is 39.1 Å². The summed E-state index contributed by atoms with van der Waals surface area (Å²) < 4.78 is 1.14. The summed E-state index contributed by atoms with van der Waals surface area (Å²) in [7, 11) is 6.37. The molecule has 1 aromatic carbocycles. The second-order valence-corrected chi connectivity index (χ2v) is 6.45. The van der Waals surface area contributed by atoms with Gasteiger partial charge in [-0.15, -0.1) is 0 Å². The molecule has 0 saturated carbocycles. The Hall–Kier alpha value is -0.580. The van der Waals surface area contributed by atoms with E-state index < -0.39 is 0 Å². The highest BCUT2D eigenvalue weighted by Gasteiger charge is 2.09. The van der Waals surface area contributed by atoms with Gasteiger partial charge in [0.2, 0.25) is 0 Å². The Bertz CT molecular complexity index is 391. The Labute approximate surface area is 126 Å². The molecule has 1 N–H and O–H groups in total. The maximum Gasteiger partial charge on any atom is 0.0410 e. The van der Waals surface area contributed by atoms with Crippen molar-refractivity contribution in [2.45, 2.75) is 26.4 Å². The first-order chi connectivity index (χ1) is 8.90. The summed E-state index contributed by atoms with van der Waals surface area (Å²) in [5.74, 6) is 0. The highest BCUT2D eigenvalue weighted by Crippen LogP contribution is 2.24. The summed E-state index contributed by atoms with van der Waals surface area (Å²) in [4.78, 5) is 4.53. The molecule has 0 aliphatic heterocycles. The first-order valence-corrected chi connectivity index (χ1v) is 7.57. The lowest BCUT2D eigenvalue weighted by Gasteiger charge is -2.25. The molecule has 0 aliphatic rings. The molecule has 0 radical (unpaired) electrons. The van der Waals surface area contributed by atoms with E-state index in [4.69, 9.17) is 0 Å². The first-order valence-electron chi connectivity index (χ1n) is 6.78. The van der Waals surface area contributed by atoms with Crippen LogP contribution in [0.25, 0.3) is 0 Å². The van der Waals surface area contributed by atoms with Gasteiger partial charge in [0.1, 0.15) is 0 Å². The third-order valence-electron chi connectivity index (χ3n) is 3.04. The molecule has 0 aromatic heterocycles. The Morgan fingerprint density at radius 1 is 1.16 bits per heavy atom. The largest absolute Gasteiger partial charge is 0.373 e. The molecular weight excluding hydrogens is 302 g/mol. The first kappa shape index (κ1) is 16.5. The van der Waals surface area contributed by atoms with Crippen molar-refractivity contribution in [2.24, 2.45) is 0 Å². The number of rotatable bonds is 7. The van der Waals surface area contributed by atoms with Crippen molar-refractivity contribution < 1.29 is 0 Å². The second kappa shape index (κ2) is 7.88. The highest BCUT2D eigenvalue weighted by atomic mass is 79.9. The standard InChI is InChI=1S/C15H26BrN3/c1-12(2)17-11-13-10-14(16)6-7-15(13)19(5)9-8-18(3)4/h6-7,10,12,17H,8-9,11H2,1-5H3. The smallest absolute Gasteiger partial charge is 0.0410 e. The molecule has 0 spiro atoms. The molecule has 0 fully saturated rings. The molecule has 1 rings (SSSR count). The zero-order valence-electron chi connectivity index (χ0n) is 12.7. The lowest BCUT2D eigenvalue weighted by Crippen LogP contribution is -2.30. The number of halogens is 1. The Balaban J connectivity index is 2.79. The van der Waals surface area contributed by atoms with Crippen molar-refractivity contribution >= 4 is 21.6 Å². The second-order valence-electron chi connectivity index (χ2n) is 5.53. The van der Waals surface area contributed by atoms with Crippen LogP contribution in [0.4, 0.5) is 5.69 Å². The van der Waals surface area contributed by atoms with Gasteiger partial charge in [-0.05, 0) is 37.9 Å². The van der Waals surface area contributed by atoms with Gasteiger partial charge in [0, 0.05) is 42.9 Å². The predicted octanol–water partition coefficient (Wildman–Crippen LogP) is 2.94. The number of nitrogens with one attached hydrogen (secondary N) is 1. The van der Waals surface area contributed by atoms with E-state index in [0.717, 1.165) is 24.1 Å². The number of likely N-dealkylation sites (N-methyl/N-ethyl adjacent to an activating group) is 2. The van der Waals surface area contributed by atoms with E-state index in [-0.39, 0.29) is 0 Å². The maximum atomic E-state index is 3.56. The minimum absolute atomic E-state index is 0.499. The van der Waals surface area contributed by atoms with Gasteiger partial charge in [-0.25, -0.2) is 0 Å². The number of hydrogen-bond donors (Lipinski definition) is 1. The molecule has 108 valence electrons. The van der Waals surface area contributed by atoms with Gasteiger partial charge in [-0.1, -0.05) is 29.8 Å². The lowest BCUT2D eigenvalue weighted by atomic mass is 10.1. The highest BCUT2D eigenvalue weighted by molar-refractivity contribution is 9.10. The average Bonchev–Trinajstić information content (AvgIpc) is 2.33. The van der Waals surface area contributed by atoms with Crippen LogP contribution < -0.4 is 10.2 Å².